The van der Waals surface area contributed by atoms with E-state index in [0.717, 1.165) is 29.6 Å². The highest BCUT2D eigenvalue weighted by atomic mass is 35.5. The number of nitro groups is 2. The van der Waals surface area contributed by atoms with E-state index >= 15 is 0 Å². The van der Waals surface area contributed by atoms with Gasteiger partial charge in [0.15, 0.2) is 0 Å². The SMILES string of the molecule is Cc1nn(CCCNC(=O)c2cc([N+](=O)[O-])cc([N+](=O)[O-])c2)c(C)c1Cl. The molecule has 0 saturated heterocycles. The largest absolute Gasteiger partial charge is 0.352 e. The van der Waals surface area contributed by atoms with E-state index in [2.05, 4.69) is 10.4 Å². The highest BCUT2D eigenvalue weighted by molar-refractivity contribution is 6.31. The van der Waals surface area contributed by atoms with Gasteiger partial charge in [-0.3, -0.25) is 29.7 Å². The van der Waals surface area contributed by atoms with Crippen molar-refractivity contribution in [2.45, 2.75) is 26.8 Å². The molecule has 0 aliphatic rings. The summed E-state index contributed by atoms with van der Waals surface area (Å²) < 4.78 is 1.72. The minimum atomic E-state index is -0.781. The third kappa shape index (κ3) is 4.33. The molecule has 1 aromatic carbocycles. The monoisotopic (exact) mass is 381 g/mol. The number of carbonyl (C=O) groups is 1. The number of hydrogen-bond acceptors (Lipinski definition) is 6. The quantitative estimate of drug-likeness (QED) is 0.445. The van der Waals surface area contributed by atoms with Crippen LogP contribution in [-0.4, -0.2) is 32.1 Å². The molecule has 0 aliphatic carbocycles. The number of aryl methyl sites for hydroxylation is 2. The second-order valence-electron chi connectivity index (χ2n) is 5.57. The van der Waals surface area contributed by atoms with Crippen LogP contribution < -0.4 is 5.32 Å². The molecule has 2 rings (SSSR count). The molecule has 11 heteroatoms. The van der Waals surface area contributed by atoms with Crippen LogP contribution in [0.1, 0.15) is 28.2 Å². The number of rotatable bonds is 7. The lowest BCUT2D eigenvalue weighted by Gasteiger charge is -2.07. The van der Waals surface area contributed by atoms with Gasteiger partial charge >= 0.3 is 0 Å². The highest BCUT2D eigenvalue weighted by Gasteiger charge is 2.19. The number of amides is 1. The highest BCUT2D eigenvalue weighted by Crippen LogP contribution is 2.22. The Kier molecular flexibility index (Phi) is 5.88. The van der Waals surface area contributed by atoms with Gasteiger partial charge in [-0.05, 0) is 20.3 Å². The van der Waals surface area contributed by atoms with Crippen molar-refractivity contribution in [1.29, 1.82) is 0 Å². The van der Waals surface area contributed by atoms with Crippen molar-refractivity contribution in [3.63, 3.8) is 0 Å². The van der Waals surface area contributed by atoms with Gasteiger partial charge in [-0.15, -0.1) is 0 Å². The molecule has 138 valence electrons. The average Bonchev–Trinajstić information content (AvgIpc) is 2.84. The number of carbonyl (C=O) groups excluding carboxylic acids is 1. The molecular weight excluding hydrogens is 366 g/mol. The zero-order valence-corrected chi connectivity index (χ0v) is 14.8. The van der Waals surface area contributed by atoms with Crippen LogP contribution in [0.3, 0.4) is 0 Å². The Morgan fingerprint density at radius 1 is 1.19 bits per heavy atom. The van der Waals surface area contributed by atoms with Crippen LogP contribution in [-0.2, 0) is 6.54 Å². The lowest BCUT2D eigenvalue weighted by molar-refractivity contribution is -0.394. The molecule has 26 heavy (non-hydrogen) atoms. The lowest BCUT2D eigenvalue weighted by atomic mass is 10.1. The Balaban J connectivity index is 2.00. The number of halogens is 1. The summed E-state index contributed by atoms with van der Waals surface area (Å²) in [5.41, 5.74) is 0.380. The van der Waals surface area contributed by atoms with Crippen LogP contribution in [0.25, 0.3) is 0 Å². The summed E-state index contributed by atoms with van der Waals surface area (Å²) in [5, 5.41) is 29.2. The van der Waals surface area contributed by atoms with E-state index in [0.29, 0.717) is 18.0 Å². The fraction of sp³-hybridized carbons (Fsp3) is 0.333. The molecule has 0 unspecified atom stereocenters. The predicted molar refractivity (Wildman–Crippen MR) is 93.4 cm³/mol. The Morgan fingerprint density at radius 2 is 1.77 bits per heavy atom. The van der Waals surface area contributed by atoms with Gasteiger partial charge in [0.1, 0.15) is 0 Å². The standard InChI is InChI=1S/C15H16ClN5O5/c1-9-14(16)10(2)19(18-9)5-3-4-17-15(22)11-6-12(20(23)24)8-13(7-11)21(25)26/h6-8H,3-5H2,1-2H3,(H,17,22). The van der Waals surface area contributed by atoms with E-state index in [1.165, 1.54) is 0 Å². The first kappa shape index (κ1) is 19.3. The fourth-order valence-corrected chi connectivity index (χ4v) is 2.50. The number of hydrogen-bond donors (Lipinski definition) is 1. The maximum absolute atomic E-state index is 12.1. The molecule has 0 saturated carbocycles. The molecule has 1 N–H and O–H groups in total. The first-order valence-corrected chi connectivity index (χ1v) is 8.00. The molecule has 1 aromatic heterocycles. The van der Waals surface area contributed by atoms with Crippen molar-refractivity contribution in [3.8, 4) is 0 Å². The third-order valence-corrected chi connectivity index (χ3v) is 4.26. The smallest absolute Gasteiger partial charge is 0.277 e. The predicted octanol–water partition coefficient (Wildman–Crippen LogP) is 2.79. The molecule has 1 amide bonds. The normalized spacial score (nSPS) is 10.6. The first-order valence-electron chi connectivity index (χ1n) is 7.62. The number of aromatic nitrogens is 2. The molecule has 0 aliphatic heterocycles. The molecule has 0 radical (unpaired) electrons. The summed E-state index contributed by atoms with van der Waals surface area (Å²) in [6, 6.07) is 2.82. The van der Waals surface area contributed by atoms with Crippen LogP contribution in [0.4, 0.5) is 11.4 Å². The summed E-state index contributed by atoms with van der Waals surface area (Å²) in [5.74, 6) is -0.622. The molecule has 10 nitrogen and oxygen atoms in total. The van der Waals surface area contributed by atoms with Crippen LogP contribution >= 0.6 is 11.6 Å². The van der Waals surface area contributed by atoms with Crippen LogP contribution in [0, 0.1) is 34.1 Å². The minimum Gasteiger partial charge on any atom is -0.352 e. The summed E-state index contributed by atoms with van der Waals surface area (Å²) >= 11 is 6.06. The molecule has 0 fully saturated rings. The zero-order valence-electron chi connectivity index (χ0n) is 14.1. The van der Waals surface area contributed by atoms with Crippen molar-refractivity contribution < 1.29 is 14.6 Å². The number of nitrogens with one attached hydrogen (secondary N) is 1. The van der Waals surface area contributed by atoms with Crippen LogP contribution in [0.15, 0.2) is 18.2 Å². The third-order valence-electron chi connectivity index (χ3n) is 3.71. The fourth-order valence-electron chi connectivity index (χ4n) is 2.36. The molecule has 0 spiro atoms. The Morgan fingerprint density at radius 3 is 2.23 bits per heavy atom. The van der Waals surface area contributed by atoms with Crippen molar-refractivity contribution >= 4 is 28.9 Å². The van der Waals surface area contributed by atoms with E-state index in [1.807, 2.05) is 6.92 Å². The zero-order chi connectivity index (χ0) is 19.4. The van der Waals surface area contributed by atoms with E-state index in [4.69, 9.17) is 11.6 Å². The Bertz CT molecular complexity index is 847. The molecule has 1 heterocycles. The van der Waals surface area contributed by atoms with Crippen LogP contribution in [0.5, 0.6) is 0 Å². The van der Waals surface area contributed by atoms with E-state index in [1.54, 1.807) is 11.6 Å². The van der Waals surface area contributed by atoms with Gasteiger partial charge in [0.2, 0.25) is 0 Å². The van der Waals surface area contributed by atoms with Gasteiger partial charge < -0.3 is 5.32 Å². The van der Waals surface area contributed by atoms with Gasteiger partial charge in [-0.2, -0.15) is 5.10 Å². The molecule has 0 bridgehead atoms. The Hall–Kier alpha value is -3.01. The maximum atomic E-state index is 12.1. The maximum Gasteiger partial charge on any atom is 0.277 e. The van der Waals surface area contributed by atoms with Gasteiger partial charge in [0.25, 0.3) is 17.3 Å². The summed E-state index contributed by atoms with van der Waals surface area (Å²) in [4.78, 5) is 32.3. The molecule has 0 atom stereocenters. The number of non-ortho nitro benzene ring substituents is 2. The Labute approximate surface area is 153 Å². The first-order chi connectivity index (χ1) is 12.2. The van der Waals surface area contributed by atoms with Gasteiger partial charge in [0, 0.05) is 25.2 Å². The van der Waals surface area contributed by atoms with Gasteiger partial charge in [0.05, 0.1) is 37.9 Å². The lowest BCUT2D eigenvalue weighted by Crippen LogP contribution is -2.25. The second-order valence-corrected chi connectivity index (χ2v) is 5.95. The topological polar surface area (TPSA) is 133 Å². The minimum absolute atomic E-state index is 0.139. The number of benzene rings is 1. The summed E-state index contributed by atoms with van der Waals surface area (Å²) in [7, 11) is 0. The van der Waals surface area contributed by atoms with Gasteiger partial charge in [-0.25, -0.2) is 0 Å². The average molecular weight is 382 g/mol. The van der Waals surface area contributed by atoms with Crippen LogP contribution in [0.2, 0.25) is 5.02 Å². The van der Waals surface area contributed by atoms with Crippen molar-refractivity contribution in [2.24, 2.45) is 0 Å². The van der Waals surface area contributed by atoms with Crippen molar-refractivity contribution in [3.05, 3.63) is 60.4 Å². The van der Waals surface area contributed by atoms with Gasteiger partial charge in [-0.1, -0.05) is 11.6 Å². The van der Waals surface area contributed by atoms with Crippen molar-refractivity contribution in [1.82, 2.24) is 15.1 Å². The second kappa shape index (κ2) is 7.91. The number of nitrogens with zero attached hydrogens (tertiary/aromatic N) is 4. The summed E-state index contributed by atoms with van der Waals surface area (Å²) in [6.45, 7) is 4.42. The van der Waals surface area contributed by atoms with E-state index in [9.17, 15) is 25.0 Å². The molecule has 2 aromatic rings. The van der Waals surface area contributed by atoms with Crippen molar-refractivity contribution in [2.75, 3.05) is 6.54 Å². The number of nitro benzene ring substituents is 2. The van der Waals surface area contributed by atoms with E-state index < -0.39 is 27.1 Å². The summed E-state index contributed by atoms with van der Waals surface area (Å²) in [6.07, 6.45) is 0.543. The van der Waals surface area contributed by atoms with E-state index in [-0.39, 0.29) is 12.1 Å². The molecular formula is C15H16ClN5O5.